The Bertz CT molecular complexity index is 345. The van der Waals surface area contributed by atoms with Gasteiger partial charge in [0.1, 0.15) is 5.75 Å². The van der Waals surface area contributed by atoms with Gasteiger partial charge < -0.3 is 10.2 Å². The van der Waals surface area contributed by atoms with Crippen molar-refractivity contribution in [1.82, 2.24) is 10.2 Å². The molecule has 1 N–H and O–H groups in total. The largest absolute Gasteiger partial charge is 0.341 e. The van der Waals surface area contributed by atoms with Gasteiger partial charge in [0.05, 0.1) is 5.25 Å². The van der Waals surface area contributed by atoms with Gasteiger partial charge in [-0.2, -0.15) is 0 Å². The van der Waals surface area contributed by atoms with Crippen LogP contribution in [0.3, 0.4) is 0 Å². The molecule has 0 aromatic carbocycles. The third-order valence-electron chi connectivity index (χ3n) is 3.02. The number of carbonyl (C=O) groups excluding carboxylic acids is 1. The standard InChI is InChI=1S/C10H20N2O3S/c1-8(2)16(14,15)7-10(13)12(3)9-4-5-11-6-9/h8-9,11H,4-7H2,1-3H3. The Morgan fingerprint density at radius 2 is 2.12 bits per heavy atom. The minimum atomic E-state index is -3.28. The summed E-state index contributed by atoms with van der Waals surface area (Å²) in [5.41, 5.74) is 0. The number of sulfone groups is 1. The van der Waals surface area contributed by atoms with E-state index in [1.54, 1.807) is 25.8 Å². The van der Waals surface area contributed by atoms with E-state index in [-0.39, 0.29) is 17.7 Å². The Labute approximate surface area is 97.1 Å². The molecule has 0 radical (unpaired) electrons. The van der Waals surface area contributed by atoms with Crippen LogP contribution in [0.5, 0.6) is 0 Å². The van der Waals surface area contributed by atoms with E-state index in [2.05, 4.69) is 5.32 Å². The van der Waals surface area contributed by atoms with Crippen LogP contribution in [0.25, 0.3) is 0 Å². The zero-order valence-corrected chi connectivity index (χ0v) is 10.9. The maximum absolute atomic E-state index is 11.8. The van der Waals surface area contributed by atoms with Crippen molar-refractivity contribution < 1.29 is 13.2 Å². The van der Waals surface area contributed by atoms with Crippen LogP contribution in [0.1, 0.15) is 20.3 Å². The molecule has 6 heteroatoms. The number of hydrogen-bond acceptors (Lipinski definition) is 4. The van der Waals surface area contributed by atoms with Crippen molar-refractivity contribution in [3.8, 4) is 0 Å². The Hall–Kier alpha value is -0.620. The van der Waals surface area contributed by atoms with Crippen molar-refractivity contribution in [3.05, 3.63) is 0 Å². The van der Waals surface area contributed by atoms with Crippen LogP contribution >= 0.6 is 0 Å². The molecule has 0 saturated carbocycles. The number of likely N-dealkylation sites (N-methyl/N-ethyl adjacent to an activating group) is 1. The molecule has 1 saturated heterocycles. The summed E-state index contributed by atoms with van der Waals surface area (Å²) in [7, 11) is -1.61. The summed E-state index contributed by atoms with van der Waals surface area (Å²) in [5, 5.41) is 2.66. The molecule has 0 aromatic heterocycles. The van der Waals surface area contributed by atoms with E-state index in [0.29, 0.717) is 0 Å². The molecule has 0 bridgehead atoms. The predicted octanol–water partition coefficient (Wildman–Crippen LogP) is -0.370. The lowest BCUT2D eigenvalue weighted by atomic mass is 10.2. The first-order chi connectivity index (χ1) is 7.34. The number of nitrogens with zero attached hydrogens (tertiary/aromatic N) is 1. The molecule has 1 unspecified atom stereocenters. The van der Waals surface area contributed by atoms with Crippen molar-refractivity contribution in [1.29, 1.82) is 0 Å². The lowest BCUT2D eigenvalue weighted by molar-refractivity contribution is -0.128. The maximum atomic E-state index is 11.8. The van der Waals surface area contributed by atoms with E-state index in [1.165, 1.54) is 0 Å². The molecule has 1 aliphatic heterocycles. The minimum Gasteiger partial charge on any atom is -0.341 e. The highest BCUT2D eigenvalue weighted by Gasteiger charge is 2.27. The highest BCUT2D eigenvalue weighted by atomic mass is 32.2. The summed E-state index contributed by atoms with van der Waals surface area (Å²) in [6.45, 7) is 4.84. The maximum Gasteiger partial charge on any atom is 0.237 e. The van der Waals surface area contributed by atoms with Crippen molar-refractivity contribution in [2.24, 2.45) is 0 Å². The summed E-state index contributed by atoms with van der Waals surface area (Å²) in [6, 6.07) is 0.134. The molecule has 0 aliphatic carbocycles. The highest BCUT2D eigenvalue weighted by molar-refractivity contribution is 7.92. The summed E-state index contributed by atoms with van der Waals surface area (Å²) in [6.07, 6.45) is 0.893. The van der Waals surface area contributed by atoms with Gasteiger partial charge in [0, 0.05) is 19.6 Å². The second kappa shape index (κ2) is 5.14. The van der Waals surface area contributed by atoms with Crippen LogP contribution in [0.4, 0.5) is 0 Å². The minimum absolute atomic E-state index is 0.134. The van der Waals surface area contributed by atoms with Gasteiger partial charge in [0.25, 0.3) is 0 Å². The molecule has 1 aliphatic rings. The van der Waals surface area contributed by atoms with E-state index in [9.17, 15) is 13.2 Å². The van der Waals surface area contributed by atoms with E-state index in [4.69, 9.17) is 0 Å². The second-order valence-corrected chi connectivity index (χ2v) is 7.06. The van der Waals surface area contributed by atoms with Gasteiger partial charge in [0.15, 0.2) is 9.84 Å². The fourth-order valence-electron chi connectivity index (χ4n) is 1.61. The average Bonchev–Trinajstić information content (AvgIpc) is 2.68. The smallest absolute Gasteiger partial charge is 0.237 e. The van der Waals surface area contributed by atoms with Gasteiger partial charge >= 0.3 is 0 Å². The summed E-state index contributed by atoms with van der Waals surface area (Å²) < 4.78 is 23.2. The Morgan fingerprint density at radius 3 is 2.56 bits per heavy atom. The molecule has 1 rings (SSSR count). The van der Waals surface area contributed by atoms with Gasteiger partial charge in [0.2, 0.25) is 5.91 Å². The third-order valence-corrected chi connectivity index (χ3v) is 5.10. The predicted molar refractivity (Wildman–Crippen MR) is 63.0 cm³/mol. The first-order valence-electron chi connectivity index (χ1n) is 5.52. The zero-order valence-electron chi connectivity index (χ0n) is 10.1. The first kappa shape index (κ1) is 13.4. The second-order valence-electron chi connectivity index (χ2n) is 4.51. The molecular weight excluding hydrogens is 228 g/mol. The van der Waals surface area contributed by atoms with Crippen molar-refractivity contribution >= 4 is 15.7 Å². The normalized spacial score (nSPS) is 21.4. The van der Waals surface area contributed by atoms with Crippen molar-refractivity contribution in [3.63, 3.8) is 0 Å². The fraction of sp³-hybridized carbons (Fsp3) is 0.900. The van der Waals surface area contributed by atoms with Gasteiger partial charge in [-0.05, 0) is 26.8 Å². The summed E-state index contributed by atoms with van der Waals surface area (Å²) in [4.78, 5) is 13.3. The topological polar surface area (TPSA) is 66.5 Å². The average molecular weight is 248 g/mol. The molecule has 94 valence electrons. The van der Waals surface area contributed by atoms with E-state index >= 15 is 0 Å². The first-order valence-corrected chi connectivity index (χ1v) is 7.24. The lowest BCUT2D eigenvalue weighted by Gasteiger charge is -2.24. The molecule has 5 nitrogen and oxygen atoms in total. The molecular formula is C10H20N2O3S. The van der Waals surface area contributed by atoms with Gasteiger partial charge in [-0.15, -0.1) is 0 Å². The molecule has 16 heavy (non-hydrogen) atoms. The van der Waals surface area contributed by atoms with Crippen LogP contribution in [0.2, 0.25) is 0 Å². The van der Waals surface area contributed by atoms with Gasteiger partial charge in [-0.25, -0.2) is 8.42 Å². The fourth-order valence-corrected chi connectivity index (χ4v) is 2.50. The number of hydrogen-bond donors (Lipinski definition) is 1. The van der Waals surface area contributed by atoms with Crippen LogP contribution in [-0.4, -0.2) is 56.4 Å². The summed E-state index contributed by atoms with van der Waals surface area (Å²) in [5.74, 6) is -0.681. The van der Waals surface area contributed by atoms with Crippen LogP contribution in [0, 0.1) is 0 Å². The highest BCUT2D eigenvalue weighted by Crippen LogP contribution is 2.09. The Morgan fingerprint density at radius 1 is 1.50 bits per heavy atom. The number of amides is 1. The molecule has 1 atom stereocenters. The van der Waals surface area contributed by atoms with Crippen LogP contribution < -0.4 is 5.32 Å². The zero-order chi connectivity index (χ0) is 12.3. The lowest BCUT2D eigenvalue weighted by Crippen LogP contribution is -2.42. The number of rotatable bonds is 4. The van der Waals surface area contributed by atoms with Crippen molar-refractivity contribution in [2.75, 3.05) is 25.9 Å². The molecule has 0 spiro atoms. The van der Waals surface area contributed by atoms with Gasteiger partial charge in [-0.3, -0.25) is 4.79 Å². The molecule has 1 fully saturated rings. The van der Waals surface area contributed by atoms with E-state index in [0.717, 1.165) is 19.5 Å². The third kappa shape index (κ3) is 3.18. The van der Waals surface area contributed by atoms with Crippen LogP contribution in [-0.2, 0) is 14.6 Å². The Balaban J connectivity index is 2.58. The molecule has 1 heterocycles. The summed E-state index contributed by atoms with van der Waals surface area (Å²) >= 11 is 0. The Kier molecular flexibility index (Phi) is 4.32. The van der Waals surface area contributed by atoms with Gasteiger partial charge in [-0.1, -0.05) is 0 Å². The van der Waals surface area contributed by atoms with E-state index < -0.39 is 15.1 Å². The molecule has 0 aromatic rings. The number of nitrogens with one attached hydrogen (secondary N) is 1. The SMILES string of the molecule is CC(C)S(=O)(=O)CC(=O)N(C)C1CCNC1. The quantitative estimate of drug-likeness (QED) is 0.737. The van der Waals surface area contributed by atoms with Crippen LogP contribution in [0.15, 0.2) is 0 Å². The molecule has 1 amide bonds. The van der Waals surface area contributed by atoms with E-state index in [1.807, 2.05) is 0 Å². The monoisotopic (exact) mass is 248 g/mol. The van der Waals surface area contributed by atoms with Crippen molar-refractivity contribution in [2.45, 2.75) is 31.6 Å². The number of carbonyl (C=O) groups is 1.